The molecule has 0 amide bonds. The molecule has 0 heterocycles. The highest BCUT2D eigenvalue weighted by molar-refractivity contribution is 6.01. The lowest BCUT2D eigenvalue weighted by atomic mass is 10.1. The second-order valence-electron chi connectivity index (χ2n) is 3.31. The van der Waals surface area contributed by atoms with Crippen molar-refractivity contribution in [3.63, 3.8) is 0 Å². The average molecular weight is 164 g/mol. The zero-order valence-corrected chi connectivity index (χ0v) is 7.89. The van der Waals surface area contributed by atoms with Crippen molar-refractivity contribution in [2.24, 2.45) is 0 Å². The zero-order valence-electron chi connectivity index (χ0n) is 7.89. The van der Waals surface area contributed by atoms with Gasteiger partial charge in [-0.05, 0) is 19.8 Å². The van der Waals surface area contributed by atoms with E-state index in [4.69, 9.17) is 0 Å². The van der Waals surface area contributed by atoms with Crippen molar-refractivity contribution in [2.45, 2.75) is 39.5 Å². The number of Topliss-reactive ketones (excluding diaryl/α,β-unsaturated/α-hetero) is 1. The predicted octanol–water partition coefficient (Wildman–Crippen LogP) is 3.02. The van der Waals surface area contributed by atoms with Gasteiger partial charge in [0.05, 0.1) is 0 Å². The van der Waals surface area contributed by atoms with Gasteiger partial charge in [0.1, 0.15) is 0 Å². The van der Waals surface area contributed by atoms with Gasteiger partial charge in [0, 0.05) is 12.0 Å². The molecule has 0 radical (unpaired) electrons. The molecule has 0 unspecified atom stereocenters. The molecule has 66 valence electrons. The van der Waals surface area contributed by atoms with E-state index in [1.165, 1.54) is 5.57 Å². The van der Waals surface area contributed by atoms with Crippen molar-refractivity contribution in [3.8, 4) is 0 Å². The Hall–Kier alpha value is -0.850. The quantitative estimate of drug-likeness (QED) is 0.626. The Morgan fingerprint density at radius 1 is 1.42 bits per heavy atom. The lowest BCUT2D eigenvalue weighted by molar-refractivity contribution is -0.114. The molecule has 0 N–H and O–H groups in total. The Kier molecular flexibility index (Phi) is 3.27. The van der Waals surface area contributed by atoms with Crippen molar-refractivity contribution in [1.29, 1.82) is 0 Å². The molecule has 0 saturated heterocycles. The highest BCUT2D eigenvalue weighted by atomic mass is 16.1. The maximum atomic E-state index is 11.3. The average Bonchev–Trinajstić information content (AvgIpc) is 2.35. The third kappa shape index (κ3) is 2.07. The molecule has 1 nitrogen and oxygen atoms in total. The van der Waals surface area contributed by atoms with Gasteiger partial charge in [0.2, 0.25) is 0 Å². The number of carbonyl (C=O) groups excluding carboxylic acids is 1. The van der Waals surface area contributed by atoms with Gasteiger partial charge in [-0.15, -0.1) is 0 Å². The molecule has 1 aliphatic carbocycles. The van der Waals surface area contributed by atoms with E-state index in [1.807, 2.05) is 6.08 Å². The summed E-state index contributed by atoms with van der Waals surface area (Å²) in [7, 11) is 0. The van der Waals surface area contributed by atoms with E-state index in [0.717, 1.165) is 31.3 Å². The van der Waals surface area contributed by atoms with Crippen LogP contribution in [-0.4, -0.2) is 5.78 Å². The number of unbranched alkanes of at least 4 members (excludes halogenated alkanes) is 1. The molecule has 0 fully saturated rings. The zero-order chi connectivity index (χ0) is 8.97. The first kappa shape index (κ1) is 9.24. The third-order valence-corrected chi connectivity index (χ3v) is 2.23. The van der Waals surface area contributed by atoms with Gasteiger partial charge in [-0.25, -0.2) is 0 Å². The van der Waals surface area contributed by atoms with E-state index >= 15 is 0 Å². The number of hydrogen-bond donors (Lipinski definition) is 0. The Morgan fingerprint density at radius 3 is 2.67 bits per heavy atom. The van der Waals surface area contributed by atoms with E-state index in [2.05, 4.69) is 19.9 Å². The van der Waals surface area contributed by atoms with Crippen molar-refractivity contribution in [2.75, 3.05) is 0 Å². The largest absolute Gasteiger partial charge is 0.294 e. The topological polar surface area (TPSA) is 17.1 Å². The number of allylic oxidation sites excluding steroid dienone is 4. The van der Waals surface area contributed by atoms with E-state index in [9.17, 15) is 4.79 Å². The highest BCUT2D eigenvalue weighted by Crippen LogP contribution is 2.23. The second-order valence-corrected chi connectivity index (χ2v) is 3.31. The van der Waals surface area contributed by atoms with Crippen LogP contribution in [-0.2, 0) is 4.79 Å². The van der Waals surface area contributed by atoms with Crippen LogP contribution >= 0.6 is 0 Å². The van der Waals surface area contributed by atoms with Gasteiger partial charge in [-0.1, -0.05) is 31.1 Å². The molecule has 1 heteroatoms. The SMILES string of the molecule is CCCC=CC1=C(C)CCC1=O. The van der Waals surface area contributed by atoms with Crippen LogP contribution in [0.2, 0.25) is 0 Å². The first-order valence-electron chi connectivity index (χ1n) is 4.65. The number of carbonyl (C=O) groups is 1. The Bertz CT molecular complexity index is 233. The molecule has 0 atom stereocenters. The van der Waals surface area contributed by atoms with Crippen LogP contribution in [0.25, 0.3) is 0 Å². The van der Waals surface area contributed by atoms with E-state index in [-0.39, 0.29) is 0 Å². The maximum Gasteiger partial charge on any atom is 0.163 e. The van der Waals surface area contributed by atoms with E-state index < -0.39 is 0 Å². The van der Waals surface area contributed by atoms with Gasteiger partial charge in [0.25, 0.3) is 0 Å². The van der Waals surface area contributed by atoms with Crippen LogP contribution in [0.15, 0.2) is 23.3 Å². The van der Waals surface area contributed by atoms with E-state index in [0.29, 0.717) is 5.78 Å². The fourth-order valence-corrected chi connectivity index (χ4v) is 1.41. The van der Waals surface area contributed by atoms with Crippen molar-refractivity contribution < 1.29 is 4.79 Å². The number of ketones is 1. The molecule has 0 aromatic heterocycles. The summed E-state index contributed by atoms with van der Waals surface area (Å²) in [4.78, 5) is 11.3. The smallest absolute Gasteiger partial charge is 0.163 e. The minimum absolute atomic E-state index is 0.319. The predicted molar refractivity (Wildman–Crippen MR) is 51.0 cm³/mol. The molecule has 0 bridgehead atoms. The Balaban J connectivity index is 2.61. The monoisotopic (exact) mass is 164 g/mol. The summed E-state index contributed by atoms with van der Waals surface area (Å²) in [5.41, 5.74) is 2.22. The van der Waals surface area contributed by atoms with Gasteiger partial charge in [0.15, 0.2) is 5.78 Å². The first-order chi connectivity index (χ1) is 5.75. The first-order valence-corrected chi connectivity index (χ1v) is 4.65. The minimum Gasteiger partial charge on any atom is -0.294 e. The summed E-state index contributed by atoms with van der Waals surface area (Å²) < 4.78 is 0. The number of hydrogen-bond acceptors (Lipinski definition) is 1. The van der Waals surface area contributed by atoms with Crippen LogP contribution in [0, 0.1) is 0 Å². The molecule has 0 aromatic rings. The van der Waals surface area contributed by atoms with Gasteiger partial charge in [-0.2, -0.15) is 0 Å². The lowest BCUT2D eigenvalue weighted by Crippen LogP contribution is -1.92. The van der Waals surface area contributed by atoms with Crippen LogP contribution in [0.3, 0.4) is 0 Å². The lowest BCUT2D eigenvalue weighted by Gasteiger charge is -1.92. The number of rotatable bonds is 3. The summed E-state index contributed by atoms with van der Waals surface area (Å²) in [6.45, 7) is 4.19. The standard InChI is InChI=1S/C11H16O/c1-3-4-5-6-10-9(2)7-8-11(10)12/h5-6H,3-4,7-8H2,1-2H3. The van der Waals surface area contributed by atoms with Crippen molar-refractivity contribution >= 4 is 5.78 Å². The van der Waals surface area contributed by atoms with Gasteiger partial charge < -0.3 is 0 Å². The summed E-state index contributed by atoms with van der Waals surface area (Å²) in [5, 5.41) is 0. The molecular formula is C11H16O. The fourth-order valence-electron chi connectivity index (χ4n) is 1.41. The molecule has 0 spiro atoms. The van der Waals surface area contributed by atoms with Crippen molar-refractivity contribution in [3.05, 3.63) is 23.3 Å². The molecule has 1 rings (SSSR count). The summed E-state index contributed by atoms with van der Waals surface area (Å²) in [6.07, 6.45) is 8.00. The van der Waals surface area contributed by atoms with Gasteiger partial charge in [-0.3, -0.25) is 4.79 Å². The normalized spacial score (nSPS) is 18.3. The van der Waals surface area contributed by atoms with Crippen LogP contribution in [0.1, 0.15) is 39.5 Å². The van der Waals surface area contributed by atoms with Gasteiger partial charge >= 0.3 is 0 Å². The molecule has 0 saturated carbocycles. The fraction of sp³-hybridized carbons (Fsp3) is 0.545. The minimum atomic E-state index is 0.319. The summed E-state index contributed by atoms with van der Waals surface area (Å²) >= 11 is 0. The van der Waals surface area contributed by atoms with E-state index in [1.54, 1.807) is 0 Å². The summed E-state index contributed by atoms with van der Waals surface area (Å²) in [5.74, 6) is 0.319. The maximum absolute atomic E-state index is 11.3. The van der Waals surface area contributed by atoms with Crippen LogP contribution < -0.4 is 0 Å². The molecular weight excluding hydrogens is 148 g/mol. The highest BCUT2D eigenvalue weighted by Gasteiger charge is 2.16. The molecule has 1 aliphatic rings. The summed E-state index contributed by atoms with van der Waals surface area (Å²) in [6, 6.07) is 0. The van der Waals surface area contributed by atoms with Crippen molar-refractivity contribution in [1.82, 2.24) is 0 Å². The molecule has 0 aliphatic heterocycles. The Labute approximate surface area is 74.2 Å². The Morgan fingerprint density at radius 2 is 2.17 bits per heavy atom. The molecule has 0 aromatic carbocycles. The molecule has 12 heavy (non-hydrogen) atoms. The second kappa shape index (κ2) is 4.24. The van der Waals surface area contributed by atoms with Crippen LogP contribution in [0.4, 0.5) is 0 Å². The third-order valence-electron chi connectivity index (χ3n) is 2.23. The van der Waals surface area contributed by atoms with Crippen LogP contribution in [0.5, 0.6) is 0 Å².